The Labute approximate surface area is 125 Å². The second-order valence-electron chi connectivity index (χ2n) is 6.10. The van der Waals surface area contributed by atoms with Gasteiger partial charge < -0.3 is 4.57 Å². The third-order valence-electron chi connectivity index (χ3n) is 4.98. The number of nitrogens with zero attached hydrogens (tertiary/aromatic N) is 1. The van der Waals surface area contributed by atoms with E-state index in [0.29, 0.717) is 0 Å². The number of aromatic nitrogens is 1. The highest BCUT2D eigenvalue weighted by Crippen LogP contribution is 2.49. The summed E-state index contributed by atoms with van der Waals surface area (Å²) in [6.07, 6.45) is 5.75. The summed E-state index contributed by atoms with van der Waals surface area (Å²) in [6.45, 7) is 0. The maximum atomic E-state index is 14.0. The number of rotatable bonds is 1. The second kappa shape index (κ2) is 4.64. The first-order valence-electron chi connectivity index (χ1n) is 7.51. The summed E-state index contributed by atoms with van der Waals surface area (Å²) in [5.41, 5.74) is 3.18. The predicted octanol–water partition coefficient (Wildman–Crippen LogP) is 1.96. The number of nitrogens with two attached hydrogens (primary N) is 1. The molecule has 3 N–H and O–H groups in total. The monoisotopic (exact) mass is 301 g/mol. The fourth-order valence-corrected chi connectivity index (χ4v) is 4.08. The van der Waals surface area contributed by atoms with Gasteiger partial charge in [-0.05, 0) is 30.5 Å². The van der Waals surface area contributed by atoms with Crippen LogP contribution in [0.25, 0.3) is 10.9 Å². The van der Waals surface area contributed by atoms with Gasteiger partial charge in [0.05, 0.1) is 5.52 Å². The smallest absolute Gasteiger partial charge is 0.270 e. The number of carbonyl (C=O) groups is 1. The molecule has 5 nitrogen and oxygen atoms in total. The molecule has 0 radical (unpaired) electrons. The molecular formula is C16H16FN3O2. The maximum absolute atomic E-state index is 14.0. The minimum atomic E-state index is -0.638. The summed E-state index contributed by atoms with van der Waals surface area (Å²) in [5, 5.41) is 0.269. The van der Waals surface area contributed by atoms with Crippen LogP contribution >= 0.6 is 0 Å². The number of hydrogen-bond acceptors (Lipinski definition) is 3. The Balaban J connectivity index is 2.09. The molecule has 0 saturated heterocycles. The van der Waals surface area contributed by atoms with E-state index in [0.717, 1.165) is 36.8 Å². The SMILES string of the molecule is NNC(=O)c1cn2c3c(cc(F)cc3c1=O)C1CCCCC12. The molecule has 114 valence electrons. The van der Waals surface area contributed by atoms with Gasteiger partial charge in [0, 0.05) is 23.5 Å². The highest BCUT2D eigenvalue weighted by Gasteiger charge is 2.37. The fourth-order valence-electron chi connectivity index (χ4n) is 4.08. The number of pyridine rings is 1. The lowest BCUT2D eigenvalue weighted by molar-refractivity contribution is 0.0952. The topological polar surface area (TPSA) is 77.1 Å². The van der Waals surface area contributed by atoms with Crippen LogP contribution in [0.15, 0.2) is 23.1 Å². The molecule has 6 heteroatoms. The minimum Gasteiger partial charge on any atom is -0.343 e. The molecule has 2 aromatic rings. The van der Waals surface area contributed by atoms with E-state index in [2.05, 4.69) is 0 Å². The number of fused-ring (bicyclic) bond motifs is 3. The van der Waals surface area contributed by atoms with E-state index in [1.165, 1.54) is 12.1 Å². The molecule has 1 aliphatic heterocycles. The first-order chi connectivity index (χ1) is 10.6. The Bertz CT molecular complexity index is 859. The number of hydrogen-bond donors (Lipinski definition) is 2. The molecule has 4 rings (SSSR count). The van der Waals surface area contributed by atoms with Crippen molar-refractivity contribution >= 4 is 16.8 Å². The lowest BCUT2D eigenvalue weighted by atomic mass is 9.82. The predicted molar refractivity (Wildman–Crippen MR) is 80.1 cm³/mol. The molecule has 2 aliphatic rings. The minimum absolute atomic E-state index is 0.0298. The summed E-state index contributed by atoms with van der Waals surface area (Å²) in [6, 6.07) is 2.96. The zero-order valence-corrected chi connectivity index (χ0v) is 11.9. The molecule has 1 aromatic heterocycles. The molecule has 1 aliphatic carbocycles. The van der Waals surface area contributed by atoms with Crippen molar-refractivity contribution in [1.82, 2.24) is 9.99 Å². The van der Waals surface area contributed by atoms with Crippen molar-refractivity contribution in [3.05, 3.63) is 45.5 Å². The van der Waals surface area contributed by atoms with Crippen molar-refractivity contribution in [2.75, 3.05) is 0 Å². The van der Waals surface area contributed by atoms with Gasteiger partial charge in [-0.1, -0.05) is 12.8 Å². The normalized spacial score (nSPS) is 22.6. The maximum Gasteiger partial charge on any atom is 0.270 e. The Morgan fingerprint density at radius 2 is 2.09 bits per heavy atom. The van der Waals surface area contributed by atoms with Gasteiger partial charge >= 0.3 is 0 Å². The van der Waals surface area contributed by atoms with Crippen molar-refractivity contribution in [1.29, 1.82) is 0 Å². The summed E-state index contributed by atoms with van der Waals surface area (Å²) in [4.78, 5) is 24.4. The van der Waals surface area contributed by atoms with E-state index in [9.17, 15) is 14.0 Å². The van der Waals surface area contributed by atoms with Crippen molar-refractivity contribution < 1.29 is 9.18 Å². The molecule has 0 bridgehead atoms. The van der Waals surface area contributed by atoms with Gasteiger partial charge in [-0.25, -0.2) is 10.2 Å². The number of halogens is 1. The lowest BCUT2D eigenvalue weighted by Gasteiger charge is -2.27. The first kappa shape index (κ1) is 13.5. The number of nitrogen functional groups attached to an aromatic ring is 1. The number of amides is 1. The molecule has 0 spiro atoms. The van der Waals surface area contributed by atoms with Gasteiger partial charge in [0.2, 0.25) is 5.43 Å². The van der Waals surface area contributed by atoms with Crippen molar-refractivity contribution in [2.24, 2.45) is 5.84 Å². The van der Waals surface area contributed by atoms with Crippen LogP contribution in [0.5, 0.6) is 0 Å². The number of hydrazine groups is 1. The van der Waals surface area contributed by atoms with Gasteiger partial charge in [-0.3, -0.25) is 15.0 Å². The Morgan fingerprint density at radius 3 is 2.86 bits per heavy atom. The van der Waals surface area contributed by atoms with Crippen LogP contribution in [0.3, 0.4) is 0 Å². The molecule has 1 aromatic carbocycles. The van der Waals surface area contributed by atoms with Gasteiger partial charge in [-0.2, -0.15) is 0 Å². The molecular weight excluding hydrogens is 285 g/mol. The van der Waals surface area contributed by atoms with E-state index in [4.69, 9.17) is 5.84 Å². The molecule has 1 fully saturated rings. The van der Waals surface area contributed by atoms with Gasteiger partial charge in [-0.15, -0.1) is 0 Å². The van der Waals surface area contributed by atoms with Crippen LogP contribution in [0, 0.1) is 5.82 Å². The largest absolute Gasteiger partial charge is 0.343 e. The highest BCUT2D eigenvalue weighted by molar-refractivity contribution is 5.98. The van der Waals surface area contributed by atoms with Crippen LogP contribution in [0.1, 0.15) is 53.6 Å². The van der Waals surface area contributed by atoms with Gasteiger partial charge in [0.1, 0.15) is 11.4 Å². The number of carbonyl (C=O) groups excluding carboxylic acids is 1. The second-order valence-corrected chi connectivity index (χ2v) is 6.10. The van der Waals surface area contributed by atoms with Gasteiger partial charge in [0.25, 0.3) is 5.91 Å². The van der Waals surface area contributed by atoms with E-state index in [1.54, 1.807) is 6.20 Å². The molecule has 22 heavy (non-hydrogen) atoms. The van der Waals surface area contributed by atoms with Crippen LogP contribution < -0.4 is 16.7 Å². The summed E-state index contributed by atoms with van der Waals surface area (Å²) >= 11 is 0. The summed E-state index contributed by atoms with van der Waals surface area (Å²) < 4.78 is 16.0. The Hall–Kier alpha value is -2.21. The standard InChI is InChI=1S/C16H16FN3O2/c17-8-5-10-9-3-1-2-4-13(9)20-7-12(16(22)19-18)15(21)11(6-8)14(10)20/h5-7,9,13H,1-4,18H2,(H,19,22). The van der Waals surface area contributed by atoms with Crippen molar-refractivity contribution in [2.45, 2.75) is 37.6 Å². The third kappa shape index (κ3) is 1.67. The van der Waals surface area contributed by atoms with Crippen LogP contribution in [0.2, 0.25) is 0 Å². The molecule has 2 unspecified atom stereocenters. The average Bonchev–Trinajstić information content (AvgIpc) is 2.84. The zero-order valence-electron chi connectivity index (χ0n) is 11.9. The Morgan fingerprint density at radius 1 is 1.32 bits per heavy atom. The highest BCUT2D eigenvalue weighted by atomic mass is 19.1. The van der Waals surface area contributed by atoms with Crippen LogP contribution in [-0.4, -0.2) is 10.5 Å². The zero-order chi connectivity index (χ0) is 15.4. The molecule has 2 atom stereocenters. The third-order valence-corrected chi connectivity index (χ3v) is 4.98. The van der Waals surface area contributed by atoms with Crippen molar-refractivity contribution in [3.63, 3.8) is 0 Å². The first-order valence-corrected chi connectivity index (χ1v) is 7.51. The van der Waals surface area contributed by atoms with E-state index < -0.39 is 17.2 Å². The number of nitrogens with one attached hydrogen (secondary N) is 1. The van der Waals surface area contributed by atoms with Gasteiger partial charge in [0.15, 0.2) is 0 Å². The molecule has 1 saturated carbocycles. The Kier molecular flexibility index (Phi) is 2.84. The van der Waals surface area contributed by atoms with E-state index in [-0.39, 0.29) is 22.9 Å². The average molecular weight is 301 g/mol. The van der Waals surface area contributed by atoms with Crippen LogP contribution in [0.4, 0.5) is 4.39 Å². The summed E-state index contributed by atoms with van der Waals surface area (Å²) in [5.74, 6) is 4.32. The van der Waals surface area contributed by atoms with E-state index in [1.807, 2.05) is 9.99 Å². The fraction of sp³-hybridized carbons (Fsp3) is 0.375. The molecule has 2 heterocycles. The number of benzene rings is 1. The quantitative estimate of drug-likeness (QED) is 0.480. The van der Waals surface area contributed by atoms with Crippen LogP contribution in [-0.2, 0) is 0 Å². The lowest BCUT2D eigenvalue weighted by Crippen LogP contribution is -2.34. The molecule has 1 amide bonds. The van der Waals surface area contributed by atoms with Crippen molar-refractivity contribution in [3.8, 4) is 0 Å². The summed E-state index contributed by atoms with van der Waals surface area (Å²) in [7, 11) is 0. The van der Waals surface area contributed by atoms with E-state index >= 15 is 0 Å².